The van der Waals surface area contributed by atoms with E-state index in [1.54, 1.807) is 16.8 Å². The molecule has 0 radical (unpaired) electrons. The minimum Gasteiger partial charge on any atom is -0.314 e. The van der Waals surface area contributed by atoms with Gasteiger partial charge in [0.25, 0.3) is 0 Å². The number of nitrogens with one attached hydrogen (secondary N) is 1. The van der Waals surface area contributed by atoms with E-state index in [0.717, 1.165) is 44.1 Å². The van der Waals surface area contributed by atoms with Gasteiger partial charge in [-0.15, -0.1) is 5.10 Å². The van der Waals surface area contributed by atoms with Crippen LogP contribution >= 0.6 is 0 Å². The van der Waals surface area contributed by atoms with E-state index in [1.165, 1.54) is 12.1 Å². The molecule has 9 heteroatoms. The number of piperazine rings is 1. The molecule has 0 spiro atoms. The molecule has 0 unspecified atom stereocenters. The van der Waals surface area contributed by atoms with Crippen LogP contribution in [0.5, 0.6) is 0 Å². The summed E-state index contributed by atoms with van der Waals surface area (Å²) in [5.74, 6) is 0. The summed E-state index contributed by atoms with van der Waals surface area (Å²) in [5, 5.41) is 16.6. The van der Waals surface area contributed by atoms with Crippen LogP contribution in [0, 0.1) is 0 Å². The molecular weight excluding hydrogens is 304 g/mol. The molecule has 0 amide bonds. The molecule has 2 heterocycles. The molecule has 1 aromatic heterocycles. The fraction of sp³-hybridized carbons (Fsp3) is 0.385. The number of primary sulfonamides is 1. The van der Waals surface area contributed by atoms with Crippen LogP contribution in [0.1, 0.15) is 5.69 Å². The number of sulfonamides is 1. The van der Waals surface area contributed by atoms with Crippen LogP contribution in [0.15, 0.2) is 35.4 Å². The van der Waals surface area contributed by atoms with Crippen LogP contribution in [0.4, 0.5) is 0 Å². The van der Waals surface area contributed by atoms with Gasteiger partial charge < -0.3 is 5.32 Å². The predicted molar refractivity (Wildman–Crippen MR) is 80.9 cm³/mol. The predicted octanol–water partition coefficient (Wildman–Crippen LogP) is -0.680. The Hall–Kier alpha value is -1.81. The number of benzene rings is 1. The number of aromatic nitrogens is 3. The standard InChI is InChI=1S/C13H18N6O2S/c14-22(20,21)13-3-1-12(2-4-13)19-10-11(16-17-19)9-18-7-5-15-6-8-18/h1-4,10,15H,5-9H2,(H2,14,20,21). The number of nitrogens with zero attached hydrogens (tertiary/aromatic N) is 4. The van der Waals surface area contributed by atoms with E-state index in [9.17, 15) is 8.42 Å². The third kappa shape index (κ3) is 3.50. The monoisotopic (exact) mass is 322 g/mol. The van der Waals surface area contributed by atoms with Crippen molar-refractivity contribution in [2.45, 2.75) is 11.4 Å². The van der Waals surface area contributed by atoms with Crippen molar-refractivity contribution in [2.24, 2.45) is 5.14 Å². The molecule has 0 saturated carbocycles. The summed E-state index contributed by atoms with van der Waals surface area (Å²) in [6, 6.07) is 6.23. The molecule has 3 N–H and O–H groups in total. The summed E-state index contributed by atoms with van der Waals surface area (Å²) in [4.78, 5) is 2.40. The molecule has 1 aromatic carbocycles. The highest BCUT2D eigenvalue weighted by Gasteiger charge is 2.13. The molecule has 118 valence electrons. The van der Waals surface area contributed by atoms with Gasteiger partial charge in [0.05, 0.1) is 22.5 Å². The minimum absolute atomic E-state index is 0.0809. The van der Waals surface area contributed by atoms with Crippen LogP contribution in [0.2, 0.25) is 0 Å². The first-order chi connectivity index (χ1) is 10.5. The lowest BCUT2D eigenvalue weighted by Gasteiger charge is -2.25. The van der Waals surface area contributed by atoms with Crippen LogP contribution in [-0.2, 0) is 16.6 Å². The van der Waals surface area contributed by atoms with Gasteiger partial charge in [0, 0.05) is 32.7 Å². The van der Waals surface area contributed by atoms with Gasteiger partial charge in [-0.3, -0.25) is 4.90 Å². The maximum Gasteiger partial charge on any atom is 0.238 e. The molecule has 2 aromatic rings. The summed E-state index contributed by atoms with van der Waals surface area (Å²) in [7, 11) is -3.67. The van der Waals surface area contributed by atoms with Crippen LogP contribution in [0.25, 0.3) is 5.69 Å². The molecule has 22 heavy (non-hydrogen) atoms. The number of hydrogen-bond donors (Lipinski definition) is 2. The maximum atomic E-state index is 11.2. The Labute approximate surface area is 129 Å². The molecule has 1 saturated heterocycles. The lowest BCUT2D eigenvalue weighted by molar-refractivity contribution is 0.230. The molecule has 1 aliphatic heterocycles. The van der Waals surface area contributed by atoms with Crippen molar-refractivity contribution in [3.05, 3.63) is 36.2 Å². The van der Waals surface area contributed by atoms with E-state index in [1.807, 2.05) is 6.20 Å². The molecule has 0 bridgehead atoms. The van der Waals surface area contributed by atoms with Crippen molar-refractivity contribution in [1.29, 1.82) is 0 Å². The van der Waals surface area contributed by atoms with E-state index >= 15 is 0 Å². The molecule has 1 aliphatic rings. The van der Waals surface area contributed by atoms with Crippen molar-refractivity contribution < 1.29 is 8.42 Å². The average Bonchev–Trinajstić information content (AvgIpc) is 2.96. The van der Waals surface area contributed by atoms with Gasteiger partial charge in [-0.2, -0.15) is 0 Å². The van der Waals surface area contributed by atoms with Crippen LogP contribution in [0.3, 0.4) is 0 Å². The highest BCUT2D eigenvalue weighted by molar-refractivity contribution is 7.89. The van der Waals surface area contributed by atoms with Crippen molar-refractivity contribution in [2.75, 3.05) is 26.2 Å². The molecule has 3 rings (SSSR count). The first-order valence-electron chi connectivity index (χ1n) is 7.00. The van der Waals surface area contributed by atoms with Crippen molar-refractivity contribution in [1.82, 2.24) is 25.2 Å². The minimum atomic E-state index is -3.67. The summed E-state index contributed by atoms with van der Waals surface area (Å²) in [6.45, 7) is 4.73. The third-order valence-corrected chi connectivity index (χ3v) is 4.50. The smallest absolute Gasteiger partial charge is 0.238 e. The Morgan fingerprint density at radius 1 is 1.18 bits per heavy atom. The van der Waals surface area contributed by atoms with E-state index in [2.05, 4.69) is 20.5 Å². The first kappa shape index (κ1) is 15.1. The number of hydrogen-bond acceptors (Lipinski definition) is 6. The second-order valence-electron chi connectivity index (χ2n) is 5.22. The lowest BCUT2D eigenvalue weighted by Crippen LogP contribution is -2.42. The van der Waals surface area contributed by atoms with E-state index in [4.69, 9.17) is 5.14 Å². The number of rotatable bonds is 4. The average molecular weight is 322 g/mol. The normalized spacial score (nSPS) is 16.8. The highest BCUT2D eigenvalue weighted by Crippen LogP contribution is 2.12. The van der Waals surface area contributed by atoms with Gasteiger partial charge in [0.2, 0.25) is 10.0 Å². The Kier molecular flexibility index (Phi) is 4.21. The largest absolute Gasteiger partial charge is 0.314 e. The first-order valence-corrected chi connectivity index (χ1v) is 8.54. The SMILES string of the molecule is NS(=O)(=O)c1ccc(-n2cc(CN3CCNCC3)nn2)cc1. The Balaban J connectivity index is 1.73. The van der Waals surface area contributed by atoms with E-state index in [-0.39, 0.29) is 4.90 Å². The summed E-state index contributed by atoms with van der Waals surface area (Å²) >= 11 is 0. The molecular formula is C13H18N6O2S. The number of nitrogens with two attached hydrogens (primary N) is 1. The summed E-state index contributed by atoms with van der Waals surface area (Å²) in [5.41, 5.74) is 1.63. The Morgan fingerprint density at radius 2 is 1.86 bits per heavy atom. The maximum absolute atomic E-state index is 11.2. The van der Waals surface area contributed by atoms with Gasteiger partial charge in [0.1, 0.15) is 0 Å². The zero-order chi connectivity index (χ0) is 15.6. The van der Waals surface area contributed by atoms with Gasteiger partial charge in [-0.05, 0) is 24.3 Å². The molecule has 0 atom stereocenters. The highest BCUT2D eigenvalue weighted by atomic mass is 32.2. The zero-order valence-electron chi connectivity index (χ0n) is 12.0. The molecule has 1 fully saturated rings. The summed E-state index contributed by atoms with van der Waals surface area (Å²) in [6.07, 6.45) is 1.86. The Bertz CT molecular complexity index is 734. The quantitative estimate of drug-likeness (QED) is 0.772. The van der Waals surface area contributed by atoms with Gasteiger partial charge in [-0.25, -0.2) is 18.2 Å². The molecule has 8 nitrogen and oxygen atoms in total. The van der Waals surface area contributed by atoms with Gasteiger partial charge >= 0.3 is 0 Å². The zero-order valence-corrected chi connectivity index (χ0v) is 12.8. The fourth-order valence-corrected chi connectivity index (χ4v) is 2.90. The van der Waals surface area contributed by atoms with Crippen molar-refractivity contribution in [3.63, 3.8) is 0 Å². The van der Waals surface area contributed by atoms with Gasteiger partial charge in [-0.1, -0.05) is 5.21 Å². The summed E-state index contributed by atoms with van der Waals surface area (Å²) < 4.78 is 24.1. The lowest BCUT2D eigenvalue weighted by atomic mass is 10.3. The van der Waals surface area contributed by atoms with Crippen molar-refractivity contribution >= 4 is 10.0 Å². The topological polar surface area (TPSA) is 106 Å². The Morgan fingerprint density at radius 3 is 2.50 bits per heavy atom. The molecule has 0 aliphatic carbocycles. The second-order valence-corrected chi connectivity index (χ2v) is 6.78. The van der Waals surface area contributed by atoms with Crippen molar-refractivity contribution in [3.8, 4) is 5.69 Å². The fourth-order valence-electron chi connectivity index (χ4n) is 2.38. The van der Waals surface area contributed by atoms with Crippen LogP contribution < -0.4 is 10.5 Å². The van der Waals surface area contributed by atoms with E-state index < -0.39 is 10.0 Å². The van der Waals surface area contributed by atoms with Crippen LogP contribution in [-0.4, -0.2) is 54.5 Å². The second kappa shape index (κ2) is 6.13. The third-order valence-electron chi connectivity index (χ3n) is 3.57. The van der Waals surface area contributed by atoms with Gasteiger partial charge in [0.15, 0.2) is 0 Å². The van der Waals surface area contributed by atoms with E-state index in [0.29, 0.717) is 0 Å².